The number of carbonyl (C=O) groups excluding carboxylic acids is 2. The Morgan fingerprint density at radius 3 is 2.92 bits per heavy atom. The molecule has 0 bridgehead atoms. The lowest BCUT2D eigenvalue weighted by molar-refractivity contribution is -0.123. The average molecular weight is 568 g/mol. The lowest BCUT2D eigenvalue weighted by atomic mass is 10.0. The predicted molar refractivity (Wildman–Crippen MR) is 139 cm³/mol. The molecule has 4 aromatic rings. The summed E-state index contributed by atoms with van der Waals surface area (Å²) in [7, 11) is 0. The molecular weight excluding hydrogens is 545 g/mol. The van der Waals surface area contributed by atoms with E-state index in [-0.39, 0.29) is 25.7 Å². The number of rotatable bonds is 8. The van der Waals surface area contributed by atoms with E-state index in [2.05, 4.69) is 42.0 Å². The zero-order valence-electron chi connectivity index (χ0n) is 19.5. The zero-order valence-corrected chi connectivity index (χ0v) is 21.0. The summed E-state index contributed by atoms with van der Waals surface area (Å²) in [6, 6.07) is 12.9. The molecule has 1 aliphatic heterocycles. The van der Waals surface area contributed by atoms with E-state index in [4.69, 9.17) is 9.57 Å². The van der Waals surface area contributed by atoms with Gasteiger partial charge in [-0.2, -0.15) is 0 Å². The van der Waals surface area contributed by atoms with Crippen LogP contribution in [0.3, 0.4) is 0 Å². The monoisotopic (exact) mass is 567 g/mol. The number of amides is 2. The Kier molecular flexibility index (Phi) is 7.33. The molecule has 3 heterocycles. The van der Waals surface area contributed by atoms with Crippen molar-refractivity contribution in [2.45, 2.75) is 25.2 Å². The summed E-state index contributed by atoms with van der Waals surface area (Å²) in [4.78, 5) is 38.5. The number of nitrogens with one attached hydrogen (secondary N) is 4. The molecule has 2 aromatic heterocycles. The van der Waals surface area contributed by atoms with E-state index in [9.17, 15) is 14.0 Å². The third kappa shape index (κ3) is 6.07. The number of pyridine rings is 1. The van der Waals surface area contributed by atoms with Crippen LogP contribution in [0.15, 0.2) is 71.6 Å². The Balaban J connectivity index is 1.27. The van der Waals surface area contributed by atoms with Crippen LogP contribution in [0, 0.1) is 5.82 Å². The van der Waals surface area contributed by atoms with Gasteiger partial charge >= 0.3 is 6.09 Å². The minimum atomic E-state index is -0.980. The lowest BCUT2D eigenvalue weighted by Gasteiger charge is -2.19. The molecule has 2 atom stereocenters. The molecule has 2 aromatic carbocycles. The maximum atomic E-state index is 13.9. The summed E-state index contributed by atoms with van der Waals surface area (Å²) in [5.74, 6) is -0.830. The molecule has 0 aliphatic carbocycles. The van der Waals surface area contributed by atoms with E-state index in [0.29, 0.717) is 21.1 Å². The van der Waals surface area contributed by atoms with Gasteiger partial charge in [0.1, 0.15) is 29.2 Å². The number of benzene rings is 2. The van der Waals surface area contributed by atoms with Gasteiger partial charge in [0, 0.05) is 40.7 Å². The molecule has 4 N–H and O–H groups in total. The molecule has 0 spiro atoms. The van der Waals surface area contributed by atoms with Gasteiger partial charge in [-0.05, 0) is 57.9 Å². The minimum absolute atomic E-state index is 0.0172. The van der Waals surface area contributed by atoms with Crippen LogP contribution >= 0.6 is 15.9 Å². The third-order valence-corrected chi connectivity index (χ3v) is 6.32. The Morgan fingerprint density at radius 2 is 2.08 bits per heavy atom. The van der Waals surface area contributed by atoms with Gasteiger partial charge in [-0.15, -0.1) is 0 Å². The number of para-hydroxylation sites is 1. The molecule has 5 rings (SSSR count). The highest BCUT2D eigenvalue weighted by Crippen LogP contribution is 2.21. The third-order valence-electron chi connectivity index (χ3n) is 5.90. The maximum absolute atomic E-state index is 13.9. The second kappa shape index (κ2) is 11.0. The van der Waals surface area contributed by atoms with Crippen LogP contribution < -0.4 is 16.1 Å². The van der Waals surface area contributed by atoms with Crippen LogP contribution in [0.2, 0.25) is 0 Å². The molecular formula is C26H23BrFN5O4. The number of aromatic nitrogens is 2. The van der Waals surface area contributed by atoms with Crippen LogP contribution in [-0.4, -0.2) is 40.7 Å². The number of halogens is 2. The van der Waals surface area contributed by atoms with Crippen molar-refractivity contribution < 1.29 is 23.6 Å². The number of fused-ring (bicyclic) bond motifs is 2. The molecule has 1 unspecified atom stereocenters. The summed E-state index contributed by atoms with van der Waals surface area (Å²) in [6.45, 7) is 0.163. The van der Waals surface area contributed by atoms with Gasteiger partial charge in [0.2, 0.25) is 5.91 Å². The molecule has 11 heteroatoms. The van der Waals surface area contributed by atoms with Crippen molar-refractivity contribution in [3.8, 4) is 0 Å². The van der Waals surface area contributed by atoms with E-state index >= 15 is 0 Å². The summed E-state index contributed by atoms with van der Waals surface area (Å²) >= 11 is 3.27. The normalized spacial score (nSPS) is 15.7. The van der Waals surface area contributed by atoms with Crippen LogP contribution in [0.25, 0.3) is 21.8 Å². The van der Waals surface area contributed by atoms with Gasteiger partial charge in [-0.1, -0.05) is 18.2 Å². The molecule has 37 heavy (non-hydrogen) atoms. The van der Waals surface area contributed by atoms with Crippen molar-refractivity contribution in [1.82, 2.24) is 26.1 Å². The standard InChI is InChI=1S/C26H23BrFN5O4/c27-24-10-19(37-33-24)13-31-25(34)23(8-17-12-30-22-6-5-18(28)9-20(17)22)32-26(35)36-14-15-7-16-3-1-2-4-21(16)29-11-15/h1-7,9-12,19,23,30,33H,8,13-14H2,(H,31,34)(H,32,35)/t19-,23?/m1/s1. The fraction of sp³-hybridized carbons (Fsp3) is 0.192. The summed E-state index contributed by atoms with van der Waals surface area (Å²) in [6.07, 6.45) is 4.07. The van der Waals surface area contributed by atoms with Gasteiger partial charge in [0.15, 0.2) is 0 Å². The number of H-pyrrole nitrogens is 1. The number of ether oxygens (including phenoxy) is 1. The van der Waals surface area contributed by atoms with Crippen LogP contribution in [-0.2, 0) is 27.4 Å². The van der Waals surface area contributed by atoms with Gasteiger partial charge in [-0.25, -0.2) is 9.18 Å². The number of hydrogen-bond acceptors (Lipinski definition) is 6. The minimum Gasteiger partial charge on any atom is -0.445 e. The molecule has 0 saturated carbocycles. The molecule has 0 saturated heterocycles. The SMILES string of the molecule is O=C(NC(Cc1c[nH]c2ccc(F)cc12)C(=O)NC[C@H]1C=C(Br)NO1)OCc1cnc2ccccc2c1. The highest BCUT2D eigenvalue weighted by atomic mass is 79.9. The van der Waals surface area contributed by atoms with Gasteiger partial charge in [0.05, 0.1) is 12.1 Å². The Hall–Kier alpha value is -3.96. The first-order valence-corrected chi connectivity index (χ1v) is 12.3. The summed E-state index contributed by atoms with van der Waals surface area (Å²) in [5.41, 5.74) is 5.60. The van der Waals surface area contributed by atoms with Crippen LogP contribution in [0.4, 0.5) is 9.18 Å². The largest absolute Gasteiger partial charge is 0.445 e. The zero-order chi connectivity index (χ0) is 25.8. The van der Waals surface area contributed by atoms with Crippen molar-refractivity contribution in [2.75, 3.05) is 6.54 Å². The number of hydroxylamine groups is 1. The second-order valence-electron chi connectivity index (χ2n) is 8.54. The molecule has 0 fully saturated rings. The fourth-order valence-corrected chi connectivity index (χ4v) is 4.45. The molecule has 2 amide bonds. The topological polar surface area (TPSA) is 117 Å². The highest BCUT2D eigenvalue weighted by molar-refractivity contribution is 9.11. The predicted octanol–water partition coefficient (Wildman–Crippen LogP) is 3.95. The first-order valence-electron chi connectivity index (χ1n) is 11.5. The van der Waals surface area contributed by atoms with Crippen molar-refractivity contribution in [1.29, 1.82) is 0 Å². The van der Waals surface area contributed by atoms with Gasteiger partial charge in [-0.3, -0.25) is 20.1 Å². The van der Waals surface area contributed by atoms with E-state index < -0.39 is 23.9 Å². The smallest absolute Gasteiger partial charge is 0.408 e. The van der Waals surface area contributed by atoms with E-state index in [1.54, 1.807) is 24.5 Å². The van der Waals surface area contributed by atoms with E-state index in [0.717, 1.165) is 16.4 Å². The Bertz CT molecular complexity index is 1490. The lowest BCUT2D eigenvalue weighted by Crippen LogP contribution is -2.49. The van der Waals surface area contributed by atoms with Gasteiger partial charge < -0.3 is 20.4 Å². The first kappa shape index (κ1) is 24.7. The fourth-order valence-electron chi connectivity index (χ4n) is 4.07. The number of nitrogens with zero attached hydrogens (tertiary/aromatic N) is 1. The van der Waals surface area contributed by atoms with Crippen molar-refractivity contribution in [3.05, 3.63) is 88.6 Å². The number of alkyl carbamates (subject to hydrolysis) is 1. The number of aromatic amines is 1. The molecule has 0 radical (unpaired) electrons. The summed E-state index contributed by atoms with van der Waals surface area (Å²) in [5, 5.41) is 6.98. The van der Waals surface area contributed by atoms with Crippen LogP contribution in [0.1, 0.15) is 11.1 Å². The quantitative estimate of drug-likeness (QED) is 0.239. The number of carbonyl (C=O) groups is 2. The van der Waals surface area contributed by atoms with Crippen molar-refractivity contribution in [2.24, 2.45) is 0 Å². The van der Waals surface area contributed by atoms with Crippen LogP contribution in [0.5, 0.6) is 0 Å². The average Bonchev–Trinajstić information content (AvgIpc) is 3.50. The molecule has 1 aliphatic rings. The molecule has 190 valence electrons. The number of hydrogen-bond donors (Lipinski definition) is 4. The van der Waals surface area contributed by atoms with Gasteiger partial charge in [0.25, 0.3) is 0 Å². The first-order chi connectivity index (χ1) is 17.9. The highest BCUT2D eigenvalue weighted by Gasteiger charge is 2.25. The Morgan fingerprint density at radius 1 is 1.22 bits per heavy atom. The Labute approximate surface area is 219 Å². The maximum Gasteiger partial charge on any atom is 0.408 e. The second-order valence-corrected chi connectivity index (χ2v) is 9.39. The van der Waals surface area contributed by atoms with E-state index in [1.165, 1.54) is 12.1 Å². The van der Waals surface area contributed by atoms with Crippen molar-refractivity contribution in [3.63, 3.8) is 0 Å². The summed E-state index contributed by atoms with van der Waals surface area (Å²) < 4.78 is 19.9. The van der Waals surface area contributed by atoms with E-state index in [1.807, 2.05) is 30.3 Å². The molecule has 9 nitrogen and oxygen atoms in total. The van der Waals surface area contributed by atoms with Crippen molar-refractivity contribution >= 4 is 49.7 Å².